The lowest BCUT2D eigenvalue weighted by molar-refractivity contribution is -0.0352. The molecule has 7 nitrogen and oxygen atoms in total. The van der Waals surface area contributed by atoms with Gasteiger partial charge in [-0.1, -0.05) is 31.4 Å². The van der Waals surface area contributed by atoms with Crippen LogP contribution in [0.1, 0.15) is 61.9 Å². The van der Waals surface area contributed by atoms with Crippen LogP contribution in [-0.4, -0.2) is 68.2 Å². The average Bonchev–Trinajstić information content (AvgIpc) is 2.82. The molecule has 0 bridgehead atoms. The third-order valence-corrected chi connectivity index (χ3v) is 6.34. The summed E-state index contributed by atoms with van der Waals surface area (Å²) < 4.78 is 5.60. The topological polar surface area (TPSA) is 78.0 Å². The molecule has 180 valence electrons. The van der Waals surface area contributed by atoms with Gasteiger partial charge in [0, 0.05) is 43.8 Å². The number of carbonyl (C=O) groups excluding carboxylic acids is 1. The summed E-state index contributed by atoms with van der Waals surface area (Å²) >= 11 is 0. The zero-order valence-electron chi connectivity index (χ0n) is 19.6. The van der Waals surface area contributed by atoms with Crippen molar-refractivity contribution in [2.75, 3.05) is 45.9 Å². The van der Waals surface area contributed by atoms with Gasteiger partial charge in [-0.15, -0.1) is 24.0 Å². The second-order valence-electron chi connectivity index (χ2n) is 8.49. The Morgan fingerprint density at radius 1 is 1.06 bits per heavy atom. The number of guanidine groups is 1. The number of nitrogens with zero attached hydrogens (tertiary/aromatic N) is 2. The molecule has 32 heavy (non-hydrogen) atoms. The highest BCUT2D eigenvalue weighted by molar-refractivity contribution is 14.0. The van der Waals surface area contributed by atoms with Crippen LogP contribution >= 0.6 is 24.0 Å². The van der Waals surface area contributed by atoms with Crippen molar-refractivity contribution in [3.8, 4) is 0 Å². The Balaban J connectivity index is 0.00000363. The summed E-state index contributed by atoms with van der Waals surface area (Å²) in [5.41, 5.74) is 1.90. The molecule has 1 aromatic carbocycles. The Morgan fingerprint density at radius 2 is 1.78 bits per heavy atom. The highest BCUT2D eigenvalue weighted by Gasteiger charge is 2.38. The summed E-state index contributed by atoms with van der Waals surface area (Å²) in [6, 6.07) is 7.71. The van der Waals surface area contributed by atoms with Crippen molar-refractivity contribution in [1.29, 1.82) is 0 Å². The van der Waals surface area contributed by atoms with Gasteiger partial charge in [-0.3, -0.25) is 9.69 Å². The molecule has 1 aliphatic carbocycles. The number of hydrogen-bond donors (Lipinski definition) is 3. The summed E-state index contributed by atoms with van der Waals surface area (Å²) in [7, 11) is 0. The zero-order chi connectivity index (χ0) is 21.9. The van der Waals surface area contributed by atoms with Crippen LogP contribution in [0.4, 0.5) is 0 Å². The number of benzene rings is 1. The highest BCUT2D eigenvalue weighted by Crippen LogP contribution is 2.33. The van der Waals surface area contributed by atoms with Gasteiger partial charge in [0.05, 0.1) is 19.8 Å². The van der Waals surface area contributed by atoms with Crippen LogP contribution in [0.5, 0.6) is 0 Å². The van der Waals surface area contributed by atoms with Gasteiger partial charge in [0.25, 0.3) is 5.91 Å². The van der Waals surface area contributed by atoms with E-state index in [1.807, 2.05) is 31.2 Å². The molecule has 1 aliphatic heterocycles. The van der Waals surface area contributed by atoms with Crippen molar-refractivity contribution in [1.82, 2.24) is 20.9 Å². The Hall–Kier alpha value is -1.39. The molecule has 0 spiro atoms. The Bertz CT molecular complexity index is 731. The summed E-state index contributed by atoms with van der Waals surface area (Å²) in [6.07, 6.45) is 6.38. The number of morpholine rings is 1. The molecule has 2 fully saturated rings. The molecular formula is C24H40IN5O2. The van der Waals surface area contributed by atoms with Gasteiger partial charge in [0.2, 0.25) is 0 Å². The largest absolute Gasteiger partial charge is 0.379 e. The SMILES string of the molecule is CCNC(=O)c1cccc(CN=C(NCC)NCC2(N3CCOCC3)CCCCC2)c1.I. The summed E-state index contributed by atoms with van der Waals surface area (Å²) in [4.78, 5) is 19.6. The van der Waals surface area contributed by atoms with E-state index in [2.05, 4.69) is 27.8 Å². The minimum atomic E-state index is -0.0388. The van der Waals surface area contributed by atoms with Gasteiger partial charge >= 0.3 is 0 Å². The minimum Gasteiger partial charge on any atom is -0.379 e. The maximum Gasteiger partial charge on any atom is 0.251 e. The normalized spacial score (nSPS) is 19.0. The Kier molecular flexibility index (Phi) is 11.7. The Morgan fingerprint density at radius 3 is 2.47 bits per heavy atom. The van der Waals surface area contributed by atoms with Crippen molar-refractivity contribution in [2.24, 2.45) is 4.99 Å². The third-order valence-electron chi connectivity index (χ3n) is 6.34. The smallest absolute Gasteiger partial charge is 0.251 e. The van der Waals surface area contributed by atoms with Crippen molar-refractivity contribution in [2.45, 2.75) is 58.0 Å². The molecule has 0 radical (unpaired) electrons. The van der Waals surface area contributed by atoms with Gasteiger partial charge in [0.1, 0.15) is 0 Å². The fourth-order valence-electron chi connectivity index (χ4n) is 4.69. The molecular weight excluding hydrogens is 517 g/mol. The van der Waals surface area contributed by atoms with E-state index >= 15 is 0 Å². The number of rotatable bonds is 8. The lowest BCUT2D eigenvalue weighted by Crippen LogP contribution is -2.60. The zero-order valence-corrected chi connectivity index (χ0v) is 22.0. The molecule has 3 rings (SSSR count). The third kappa shape index (κ3) is 7.59. The average molecular weight is 558 g/mol. The molecule has 1 saturated heterocycles. The predicted octanol–water partition coefficient (Wildman–Crippen LogP) is 3.14. The number of hydrogen-bond acceptors (Lipinski definition) is 4. The van der Waals surface area contributed by atoms with E-state index < -0.39 is 0 Å². The number of halogens is 1. The summed E-state index contributed by atoms with van der Waals surface area (Å²) in [5.74, 6) is 0.798. The summed E-state index contributed by atoms with van der Waals surface area (Å²) in [5, 5.41) is 9.87. The second kappa shape index (κ2) is 14.0. The van der Waals surface area contributed by atoms with Crippen molar-refractivity contribution in [3.63, 3.8) is 0 Å². The number of nitrogens with one attached hydrogen (secondary N) is 3. The first-order valence-electron chi connectivity index (χ1n) is 11.9. The van der Waals surface area contributed by atoms with E-state index in [1.54, 1.807) is 0 Å². The maximum atomic E-state index is 12.1. The summed E-state index contributed by atoms with van der Waals surface area (Å²) in [6.45, 7) is 10.6. The van der Waals surface area contributed by atoms with Gasteiger partial charge in [-0.25, -0.2) is 4.99 Å². The van der Waals surface area contributed by atoms with Crippen LogP contribution in [0.2, 0.25) is 0 Å². The van der Waals surface area contributed by atoms with Crippen LogP contribution in [0.3, 0.4) is 0 Å². The monoisotopic (exact) mass is 557 g/mol. The van der Waals surface area contributed by atoms with E-state index in [4.69, 9.17) is 9.73 Å². The van der Waals surface area contributed by atoms with Crippen LogP contribution < -0.4 is 16.0 Å². The maximum absolute atomic E-state index is 12.1. The molecule has 0 unspecified atom stereocenters. The lowest BCUT2D eigenvalue weighted by atomic mass is 9.80. The number of ether oxygens (including phenoxy) is 1. The van der Waals surface area contributed by atoms with E-state index in [-0.39, 0.29) is 35.4 Å². The van der Waals surface area contributed by atoms with E-state index in [1.165, 1.54) is 32.1 Å². The first-order chi connectivity index (χ1) is 15.2. The quantitative estimate of drug-likeness (QED) is 0.260. The van der Waals surface area contributed by atoms with Crippen LogP contribution in [0.25, 0.3) is 0 Å². The van der Waals surface area contributed by atoms with Crippen LogP contribution in [0, 0.1) is 0 Å². The van der Waals surface area contributed by atoms with Crippen LogP contribution in [-0.2, 0) is 11.3 Å². The van der Waals surface area contributed by atoms with Gasteiger partial charge in [-0.2, -0.15) is 0 Å². The number of amides is 1. The van der Waals surface area contributed by atoms with Gasteiger partial charge in [0.15, 0.2) is 5.96 Å². The van der Waals surface area contributed by atoms with Gasteiger partial charge < -0.3 is 20.7 Å². The lowest BCUT2D eigenvalue weighted by Gasteiger charge is -2.48. The van der Waals surface area contributed by atoms with Gasteiger partial charge in [-0.05, 0) is 44.4 Å². The van der Waals surface area contributed by atoms with Crippen molar-refractivity contribution < 1.29 is 9.53 Å². The molecule has 2 aliphatic rings. The van der Waals surface area contributed by atoms with Crippen LogP contribution in [0.15, 0.2) is 29.3 Å². The van der Waals surface area contributed by atoms with E-state index in [0.717, 1.165) is 50.9 Å². The van der Waals surface area contributed by atoms with E-state index in [9.17, 15) is 4.79 Å². The Labute approximate surface area is 210 Å². The first kappa shape index (κ1) is 26.9. The first-order valence-corrected chi connectivity index (χ1v) is 11.9. The molecule has 0 atom stereocenters. The van der Waals surface area contributed by atoms with Crippen molar-refractivity contribution in [3.05, 3.63) is 35.4 Å². The minimum absolute atomic E-state index is 0. The molecule has 1 aromatic rings. The molecule has 1 heterocycles. The molecule has 1 saturated carbocycles. The number of aliphatic imine (C=N–C) groups is 1. The fraction of sp³-hybridized carbons (Fsp3) is 0.667. The molecule has 0 aromatic heterocycles. The molecule has 1 amide bonds. The molecule has 8 heteroatoms. The van der Waals surface area contributed by atoms with Crippen molar-refractivity contribution >= 4 is 35.8 Å². The predicted molar refractivity (Wildman–Crippen MR) is 141 cm³/mol. The fourth-order valence-corrected chi connectivity index (χ4v) is 4.69. The van der Waals surface area contributed by atoms with E-state index in [0.29, 0.717) is 18.7 Å². The number of carbonyl (C=O) groups is 1. The standard InChI is InChI=1S/C24H39N5O2.HI/c1-3-25-22(30)21-10-8-9-20(17-21)18-27-23(26-4-2)28-19-24(11-6-5-7-12-24)29-13-15-31-16-14-29;/h8-10,17H,3-7,11-16,18-19H2,1-2H3,(H,25,30)(H2,26,27,28);1H. The second-order valence-corrected chi connectivity index (χ2v) is 8.49. The highest BCUT2D eigenvalue weighted by atomic mass is 127. The molecule has 3 N–H and O–H groups in total.